The molecule has 0 N–H and O–H groups in total. The van der Waals surface area contributed by atoms with Gasteiger partial charge in [0.25, 0.3) is 0 Å². The first-order valence-corrected chi connectivity index (χ1v) is 9.04. The highest BCUT2D eigenvalue weighted by Crippen LogP contribution is 2.40. The Balaban J connectivity index is 3.56. The average Bonchev–Trinajstić information content (AvgIpc) is 2.35. The summed E-state index contributed by atoms with van der Waals surface area (Å²) < 4.78 is 61.2. The second kappa shape index (κ2) is 11.0. The van der Waals surface area contributed by atoms with Gasteiger partial charge in [0.2, 0.25) is 0 Å². The summed E-state index contributed by atoms with van der Waals surface area (Å²) in [6.07, 6.45) is 3.93. The fourth-order valence-electron chi connectivity index (χ4n) is 2.17. The molecule has 0 saturated carbocycles. The molecule has 0 rings (SSSR count). The Kier molecular flexibility index (Phi) is 11.2. The normalized spacial score (nSPS) is 14.4. The molecule has 0 nitrogen and oxygen atoms in total. The van der Waals surface area contributed by atoms with Crippen LogP contribution in [0.1, 0.15) is 77.6 Å². The molecule has 0 aromatic carbocycles. The molecule has 0 aromatic heterocycles. The minimum Gasteiger partial charge on any atom is -0.196 e. The summed E-state index contributed by atoms with van der Waals surface area (Å²) in [6.45, 7) is 2.17. The Morgan fingerprint density at radius 2 is 1.19 bits per heavy atom. The lowest BCUT2D eigenvalue weighted by Crippen LogP contribution is -2.38. The Morgan fingerprint density at radius 1 is 0.762 bits per heavy atom. The summed E-state index contributed by atoms with van der Waals surface area (Å²) in [4.78, 5) is 0. The highest BCUT2D eigenvalue weighted by atomic mass is 127. The van der Waals surface area contributed by atoms with E-state index in [4.69, 9.17) is 0 Å². The SMILES string of the molecule is CCCCCCCCCCCC(I)CC(F)(F)C(F)(F)F. The van der Waals surface area contributed by atoms with E-state index in [0.717, 1.165) is 25.7 Å². The zero-order valence-corrected chi connectivity index (χ0v) is 14.8. The lowest BCUT2D eigenvalue weighted by molar-refractivity contribution is -0.283. The van der Waals surface area contributed by atoms with Gasteiger partial charge in [-0.05, 0) is 6.42 Å². The molecule has 6 heteroatoms. The van der Waals surface area contributed by atoms with Gasteiger partial charge in [-0.3, -0.25) is 0 Å². The molecular weight excluding hydrogens is 402 g/mol. The Labute approximate surface area is 138 Å². The largest absolute Gasteiger partial charge is 0.453 e. The molecule has 21 heavy (non-hydrogen) atoms. The fraction of sp³-hybridized carbons (Fsp3) is 1.00. The molecule has 0 aromatic rings. The van der Waals surface area contributed by atoms with E-state index in [-0.39, 0.29) is 0 Å². The first-order chi connectivity index (χ1) is 9.70. The monoisotopic (exact) mass is 428 g/mol. The topological polar surface area (TPSA) is 0 Å². The third kappa shape index (κ3) is 10.7. The Hall–Kier alpha value is 0.380. The molecule has 0 aliphatic rings. The standard InChI is InChI=1S/C15H26F5I/c1-2-3-4-5-6-7-8-9-10-11-13(21)12-14(16,17)15(18,19)20/h13H,2-12H2,1H3. The fourth-order valence-corrected chi connectivity index (χ4v) is 3.17. The zero-order valence-electron chi connectivity index (χ0n) is 12.6. The number of rotatable bonds is 12. The maximum atomic E-state index is 12.8. The van der Waals surface area contributed by atoms with Gasteiger partial charge in [0.1, 0.15) is 0 Å². The van der Waals surface area contributed by atoms with Crippen molar-refractivity contribution in [3.05, 3.63) is 0 Å². The predicted molar refractivity (Wildman–Crippen MR) is 85.3 cm³/mol. The highest BCUT2D eigenvalue weighted by Gasteiger charge is 2.57. The summed E-state index contributed by atoms with van der Waals surface area (Å²) in [5.74, 6) is -4.56. The minimum atomic E-state index is -5.42. The molecule has 0 amide bonds. The van der Waals surface area contributed by atoms with Crippen LogP contribution in [0.2, 0.25) is 0 Å². The van der Waals surface area contributed by atoms with Crippen LogP contribution in [0.15, 0.2) is 0 Å². The van der Waals surface area contributed by atoms with Crippen molar-refractivity contribution in [2.75, 3.05) is 0 Å². The molecule has 0 spiro atoms. The molecule has 0 saturated heterocycles. The lowest BCUT2D eigenvalue weighted by Gasteiger charge is -2.22. The molecule has 0 heterocycles. The van der Waals surface area contributed by atoms with Crippen LogP contribution in [-0.2, 0) is 0 Å². The van der Waals surface area contributed by atoms with Crippen LogP contribution in [0.25, 0.3) is 0 Å². The van der Waals surface area contributed by atoms with Gasteiger partial charge in [0, 0.05) is 10.3 Å². The van der Waals surface area contributed by atoms with Gasteiger partial charge < -0.3 is 0 Å². The first kappa shape index (κ1) is 21.4. The third-order valence-electron chi connectivity index (χ3n) is 3.51. The van der Waals surface area contributed by atoms with E-state index >= 15 is 0 Å². The zero-order chi connectivity index (χ0) is 16.4. The second-order valence-electron chi connectivity index (χ2n) is 5.62. The van der Waals surface area contributed by atoms with Crippen molar-refractivity contribution >= 4 is 22.6 Å². The summed E-state index contributed by atoms with van der Waals surface area (Å²) >= 11 is 1.71. The number of alkyl halides is 6. The van der Waals surface area contributed by atoms with Crippen LogP contribution < -0.4 is 0 Å². The summed E-state index contributed by atoms with van der Waals surface area (Å²) in [7, 11) is 0. The smallest absolute Gasteiger partial charge is 0.196 e. The quantitative estimate of drug-likeness (QED) is 0.132. The summed E-state index contributed by atoms with van der Waals surface area (Å²) in [5.41, 5.74) is 0. The molecule has 1 atom stereocenters. The second-order valence-corrected chi connectivity index (χ2v) is 7.38. The lowest BCUT2D eigenvalue weighted by atomic mass is 10.0. The summed E-state index contributed by atoms with van der Waals surface area (Å²) in [6, 6.07) is 0. The van der Waals surface area contributed by atoms with E-state index in [1.807, 2.05) is 0 Å². The third-order valence-corrected chi connectivity index (χ3v) is 4.58. The van der Waals surface area contributed by atoms with Crippen LogP contribution in [0.5, 0.6) is 0 Å². The van der Waals surface area contributed by atoms with Gasteiger partial charge in [-0.2, -0.15) is 22.0 Å². The molecular formula is C15H26F5I. The first-order valence-electron chi connectivity index (χ1n) is 7.79. The molecule has 0 fully saturated rings. The van der Waals surface area contributed by atoms with Crippen molar-refractivity contribution in [1.29, 1.82) is 0 Å². The van der Waals surface area contributed by atoms with Gasteiger partial charge in [-0.25, -0.2) is 0 Å². The van der Waals surface area contributed by atoms with E-state index in [1.165, 1.54) is 32.1 Å². The van der Waals surface area contributed by atoms with Gasteiger partial charge >= 0.3 is 12.1 Å². The van der Waals surface area contributed by atoms with Crippen LogP contribution in [0, 0.1) is 0 Å². The van der Waals surface area contributed by atoms with Gasteiger partial charge in [-0.1, -0.05) is 87.3 Å². The maximum absolute atomic E-state index is 12.8. The van der Waals surface area contributed by atoms with E-state index in [1.54, 1.807) is 22.6 Å². The molecule has 128 valence electrons. The van der Waals surface area contributed by atoms with E-state index in [2.05, 4.69) is 6.92 Å². The number of halogens is 6. The predicted octanol–water partition coefficient (Wildman–Crippen LogP) is 7.30. The average molecular weight is 428 g/mol. The molecule has 0 bridgehead atoms. The van der Waals surface area contributed by atoms with E-state index in [9.17, 15) is 22.0 Å². The van der Waals surface area contributed by atoms with Crippen LogP contribution in [-0.4, -0.2) is 16.0 Å². The van der Waals surface area contributed by atoms with Gasteiger partial charge in [0.05, 0.1) is 0 Å². The number of unbranched alkanes of at least 4 members (excludes halogenated alkanes) is 8. The van der Waals surface area contributed by atoms with Crippen LogP contribution >= 0.6 is 22.6 Å². The Morgan fingerprint density at radius 3 is 1.62 bits per heavy atom. The van der Waals surface area contributed by atoms with Crippen molar-refractivity contribution in [2.45, 2.75) is 93.6 Å². The van der Waals surface area contributed by atoms with E-state index in [0.29, 0.717) is 6.42 Å². The van der Waals surface area contributed by atoms with Crippen molar-refractivity contribution in [3.63, 3.8) is 0 Å². The van der Waals surface area contributed by atoms with Gasteiger partial charge in [0.15, 0.2) is 0 Å². The highest BCUT2D eigenvalue weighted by molar-refractivity contribution is 14.1. The van der Waals surface area contributed by atoms with E-state index < -0.39 is 22.4 Å². The molecule has 1 unspecified atom stereocenters. The van der Waals surface area contributed by atoms with Crippen molar-refractivity contribution < 1.29 is 22.0 Å². The number of hydrogen-bond donors (Lipinski definition) is 0. The van der Waals surface area contributed by atoms with Gasteiger partial charge in [-0.15, -0.1) is 0 Å². The Bertz CT molecular complexity index is 253. The van der Waals surface area contributed by atoms with Crippen molar-refractivity contribution in [3.8, 4) is 0 Å². The summed E-state index contributed by atoms with van der Waals surface area (Å²) in [5, 5.41) is 0. The number of hydrogen-bond acceptors (Lipinski definition) is 0. The molecule has 0 aliphatic carbocycles. The minimum absolute atomic E-state index is 0.433. The van der Waals surface area contributed by atoms with Crippen LogP contribution in [0.3, 0.4) is 0 Å². The maximum Gasteiger partial charge on any atom is 0.453 e. The van der Waals surface area contributed by atoms with Crippen molar-refractivity contribution in [2.24, 2.45) is 0 Å². The molecule has 0 radical (unpaired) electrons. The molecule has 0 aliphatic heterocycles. The van der Waals surface area contributed by atoms with Crippen LogP contribution in [0.4, 0.5) is 22.0 Å². The van der Waals surface area contributed by atoms with Crippen molar-refractivity contribution in [1.82, 2.24) is 0 Å².